The van der Waals surface area contributed by atoms with E-state index in [1.165, 1.54) is 5.56 Å². The Labute approximate surface area is 212 Å². The Hall–Kier alpha value is -2.46. The molecule has 0 atom stereocenters. The topological polar surface area (TPSA) is 57.5 Å². The highest BCUT2D eigenvalue weighted by Gasteiger charge is 2.20. The van der Waals surface area contributed by atoms with Gasteiger partial charge in [-0.25, -0.2) is 14.4 Å². The molecule has 1 aromatic heterocycles. The smallest absolute Gasteiger partial charge is 0.191 e. The first-order valence-electron chi connectivity index (χ1n) is 11.3. The summed E-state index contributed by atoms with van der Waals surface area (Å²) in [5, 5.41) is 6.88. The van der Waals surface area contributed by atoms with Gasteiger partial charge in [0.1, 0.15) is 5.82 Å². The second-order valence-electron chi connectivity index (χ2n) is 8.13. The molecule has 4 rings (SSSR count). The Kier molecular flexibility index (Phi) is 9.68. The van der Waals surface area contributed by atoms with Crippen molar-refractivity contribution >= 4 is 29.9 Å². The molecule has 8 heteroatoms. The van der Waals surface area contributed by atoms with E-state index >= 15 is 0 Å². The van der Waals surface area contributed by atoms with Gasteiger partial charge in [-0.15, -0.1) is 24.0 Å². The van der Waals surface area contributed by atoms with E-state index < -0.39 is 0 Å². The summed E-state index contributed by atoms with van der Waals surface area (Å²) in [4.78, 5) is 11.2. The van der Waals surface area contributed by atoms with Crippen LogP contribution in [0, 0.1) is 5.82 Å². The van der Waals surface area contributed by atoms with Crippen LogP contribution in [0.2, 0.25) is 0 Å². The molecule has 33 heavy (non-hydrogen) atoms. The number of hydrogen-bond donors (Lipinski definition) is 2. The van der Waals surface area contributed by atoms with E-state index in [9.17, 15) is 4.39 Å². The van der Waals surface area contributed by atoms with E-state index in [-0.39, 0.29) is 29.8 Å². The maximum absolute atomic E-state index is 14.5. The zero-order chi connectivity index (χ0) is 22.2. The first kappa shape index (κ1) is 25.2. The van der Waals surface area contributed by atoms with Crippen molar-refractivity contribution in [1.82, 2.24) is 25.1 Å². The van der Waals surface area contributed by atoms with Crippen molar-refractivity contribution in [2.24, 2.45) is 4.99 Å². The summed E-state index contributed by atoms with van der Waals surface area (Å²) in [6, 6.07) is 16.2. The summed E-state index contributed by atoms with van der Waals surface area (Å²) in [5.74, 6) is 0.507. The van der Waals surface area contributed by atoms with Crippen LogP contribution >= 0.6 is 24.0 Å². The minimum atomic E-state index is -0.278. The van der Waals surface area contributed by atoms with Crippen LogP contribution in [0.3, 0.4) is 0 Å². The second kappa shape index (κ2) is 12.7. The standard InChI is InChI=1S/C25H31FN6.HI/c1-2-28-25(29-17-21-8-9-24(23(26)16-21)32-15-12-27-19-32)30-22-10-13-31(14-11-22)18-20-6-4-3-5-7-20;/h3-9,12,15-16,19,22H,2,10-11,13-14,17-18H2,1H3,(H2,28,29,30);1H. The van der Waals surface area contributed by atoms with Crippen molar-refractivity contribution in [3.8, 4) is 5.69 Å². The highest BCUT2D eigenvalue weighted by molar-refractivity contribution is 14.0. The fourth-order valence-electron chi connectivity index (χ4n) is 4.02. The van der Waals surface area contributed by atoms with Gasteiger partial charge in [0.25, 0.3) is 0 Å². The first-order chi connectivity index (χ1) is 15.7. The molecule has 0 radical (unpaired) electrons. The van der Waals surface area contributed by atoms with Crippen LogP contribution in [0.15, 0.2) is 72.2 Å². The van der Waals surface area contributed by atoms with Crippen molar-refractivity contribution in [3.05, 3.63) is 84.2 Å². The summed E-state index contributed by atoms with van der Waals surface area (Å²) in [7, 11) is 0. The Morgan fingerprint density at radius 2 is 1.91 bits per heavy atom. The number of guanidine groups is 1. The van der Waals surface area contributed by atoms with Gasteiger partial charge < -0.3 is 15.2 Å². The van der Waals surface area contributed by atoms with Gasteiger partial charge in [0, 0.05) is 44.6 Å². The van der Waals surface area contributed by atoms with Gasteiger partial charge in [-0.2, -0.15) is 0 Å². The molecule has 1 saturated heterocycles. The normalized spacial score (nSPS) is 15.2. The molecule has 176 valence electrons. The lowest BCUT2D eigenvalue weighted by Gasteiger charge is -2.33. The zero-order valence-electron chi connectivity index (χ0n) is 19.0. The van der Waals surface area contributed by atoms with Crippen LogP contribution in [0.4, 0.5) is 4.39 Å². The van der Waals surface area contributed by atoms with Gasteiger partial charge in [0.15, 0.2) is 5.96 Å². The predicted octanol–water partition coefficient (Wildman–Crippen LogP) is 4.35. The first-order valence-corrected chi connectivity index (χ1v) is 11.3. The molecule has 6 nitrogen and oxygen atoms in total. The Balaban J connectivity index is 0.00000306. The average Bonchev–Trinajstić information content (AvgIpc) is 3.34. The lowest BCUT2D eigenvalue weighted by molar-refractivity contribution is 0.198. The minimum absolute atomic E-state index is 0. The van der Waals surface area contributed by atoms with Gasteiger partial charge in [-0.3, -0.25) is 4.90 Å². The number of rotatable bonds is 7. The maximum Gasteiger partial charge on any atom is 0.191 e. The van der Waals surface area contributed by atoms with Crippen molar-refractivity contribution in [1.29, 1.82) is 0 Å². The Bertz CT molecular complexity index is 1000. The van der Waals surface area contributed by atoms with Gasteiger partial charge in [-0.1, -0.05) is 36.4 Å². The number of aliphatic imine (C=N–C) groups is 1. The highest BCUT2D eigenvalue weighted by Crippen LogP contribution is 2.16. The van der Waals surface area contributed by atoms with Crippen LogP contribution in [0.5, 0.6) is 0 Å². The molecule has 2 heterocycles. The van der Waals surface area contributed by atoms with E-state index in [0.717, 1.165) is 50.5 Å². The van der Waals surface area contributed by atoms with Crippen molar-refractivity contribution in [2.75, 3.05) is 19.6 Å². The monoisotopic (exact) mass is 562 g/mol. The maximum atomic E-state index is 14.5. The van der Waals surface area contributed by atoms with E-state index in [0.29, 0.717) is 18.3 Å². The van der Waals surface area contributed by atoms with Gasteiger partial charge in [0.2, 0.25) is 0 Å². The SMILES string of the molecule is CCNC(=NCc1ccc(-n2ccnc2)c(F)c1)NC1CCN(Cc2ccccc2)CC1.I. The number of halogens is 2. The molecule has 0 aliphatic carbocycles. The number of likely N-dealkylation sites (tertiary alicyclic amines) is 1. The molecule has 1 aliphatic heterocycles. The number of aromatic nitrogens is 2. The Morgan fingerprint density at radius 1 is 1.12 bits per heavy atom. The summed E-state index contributed by atoms with van der Waals surface area (Å²) in [5.41, 5.74) is 2.68. The molecule has 2 aromatic carbocycles. The molecule has 1 fully saturated rings. The zero-order valence-corrected chi connectivity index (χ0v) is 21.3. The summed E-state index contributed by atoms with van der Waals surface area (Å²) in [6.07, 6.45) is 7.11. The molecule has 3 aromatic rings. The number of nitrogens with one attached hydrogen (secondary N) is 2. The lowest BCUT2D eigenvalue weighted by atomic mass is 10.0. The van der Waals surface area contributed by atoms with Crippen LogP contribution in [-0.2, 0) is 13.1 Å². The lowest BCUT2D eigenvalue weighted by Crippen LogP contribution is -2.48. The third kappa shape index (κ3) is 7.26. The molecule has 0 saturated carbocycles. The molecule has 0 bridgehead atoms. The number of piperidine rings is 1. The molecular formula is C25H32FIN6. The largest absolute Gasteiger partial charge is 0.357 e. The average molecular weight is 562 g/mol. The molecule has 1 aliphatic rings. The van der Waals surface area contributed by atoms with Crippen LogP contribution < -0.4 is 10.6 Å². The van der Waals surface area contributed by atoms with Gasteiger partial charge >= 0.3 is 0 Å². The van der Waals surface area contributed by atoms with Crippen LogP contribution in [0.1, 0.15) is 30.9 Å². The number of benzene rings is 2. The summed E-state index contributed by atoms with van der Waals surface area (Å²) in [6.45, 7) is 6.39. The van der Waals surface area contributed by atoms with Crippen LogP contribution in [-0.4, -0.2) is 46.1 Å². The van der Waals surface area contributed by atoms with Crippen molar-refractivity contribution < 1.29 is 4.39 Å². The van der Waals surface area contributed by atoms with Crippen molar-refractivity contribution in [2.45, 2.75) is 38.9 Å². The molecule has 2 N–H and O–H groups in total. The fraction of sp³-hybridized carbons (Fsp3) is 0.360. The van der Waals surface area contributed by atoms with Crippen LogP contribution in [0.25, 0.3) is 5.69 Å². The fourth-order valence-corrected chi connectivity index (χ4v) is 4.02. The summed E-state index contributed by atoms with van der Waals surface area (Å²) < 4.78 is 16.2. The molecule has 0 spiro atoms. The van der Waals surface area contributed by atoms with E-state index in [1.807, 2.05) is 6.07 Å². The van der Waals surface area contributed by atoms with Gasteiger partial charge in [0.05, 0.1) is 18.6 Å². The predicted molar refractivity (Wildman–Crippen MR) is 142 cm³/mol. The third-order valence-corrected chi connectivity index (χ3v) is 5.74. The quantitative estimate of drug-likeness (QED) is 0.256. The molecular weight excluding hydrogens is 530 g/mol. The van der Waals surface area contributed by atoms with Crippen molar-refractivity contribution in [3.63, 3.8) is 0 Å². The van der Waals surface area contributed by atoms with E-state index in [2.05, 4.69) is 57.8 Å². The minimum Gasteiger partial charge on any atom is -0.357 e. The Morgan fingerprint density at radius 3 is 2.58 bits per heavy atom. The second-order valence-corrected chi connectivity index (χ2v) is 8.13. The van der Waals surface area contributed by atoms with Gasteiger partial charge in [-0.05, 0) is 43.0 Å². The molecule has 0 unspecified atom stereocenters. The third-order valence-electron chi connectivity index (χ3n) is 5.74. The summed E-state index contributed by atoms with van der Waals surface area (Å²) >= 11 is 0. The van der Waals surface area contributed by atoms with E-state index in [1.54, 1.807) is 35.4 Å². The highest BCUT2D eigenvalue weighted by atomic mass is 127. The number of nitrogens with zero attached hydrogens (tertiary/aromatic N) is 4. The number of hydrogen-bond acceptors (Lipinski definition) is 3. The molecule has 0 amide bonds. The number of imidazole rings is 1. The van der Waals surface area contributed by atoms with E-state index in [4.69, 9.17) is 4.99 Å².